The molecule has 1 aromatic carbocycles. The van der Waals surface area contributed by atoms with Crippen LogP contribution >= 0.6 is 11.8 Å². The predicted octanol–water partition coefficient (Wildman–Crippen LogP) is 5.30. The maximum absolute atomic E-state index is 12.2. The van der Waals surface area contributed by atoms with E-state index in [2.05, 4.69) is 64.7 Å². The van der Waals surface area contributed by atoms with Crippen molar-refractivity contribution in [1.29, 1.82) is 0 Å². The number of carbonyl (C=O) groups is 1. The van der Waals surface area contributed by atoms with Crippen molar-refractivity contribution < 1.29 is 4.79 Å². The van der Waals surface area contributed by atoms with E-state index in [0.717, 1.165) is 41.1 Å². The molecule has 0 fully saturated rings. The highest BCUT2D eigenvalue weighted by Crippen LogP contribution is 2.28. The van der Waals surface area contributed by atoms with E-state index in [-0.39, 0.29) is 11.3 Å². The number of hydrogen-bond acceptors (Lipinski definition) is 5. The third kappa shape index (κ3) is 7.01. The van der Waals surface area contributed by atoms with Crippen LogP contribution in [0.15, 0.2) is 35.5 Å². The van der Waals surface area contributed by atoms with Gasteiger partial charge >= 0.3 is 0 Å². The topological polar surface area (TPSA) is 58.1 Å². The summed E-state index contributed by atoms with van der Waals surface area (Å²) in [6.07, 6.45) is 0. The van der Waals surface area contributed by atoms with Crippen LogP contribution in [0.4, 0.5) is 5.82 Å². The van der Waals surface area contributed by atoms with Crippen LogP contribution in [0.25, 0.3) is 0 Å². The van der Waals surface area contributed by atoms with Crippen molar-refractivity contribution in [2.45, 2.75) is 64.8 Å². The third-order valence-electron chi connectivity index (χ3n) is 4.80. The summed E-state index contributed by atoms with van der Waals surface area (Å²) in [6.45, 7) is 17.5. The van der Waals surface area contributed by atoms with Gasteiger partial charge in [0.05, 0.1) is 5.69 Å². The fraction of sp³-hybridized carbons (Fsp3) is 0.542. The summed E-state index contributed by atoms with van der Waals surface area (Å²) >= 11 is 1.64. The quantitative estimate of drug-likeness (QED) is 0.434. The second-order valence-corrected chi connectivity index (χ2v) is 9.85. The second-order valence-electron chi connectivity index (χ2n) is 8.91. The molecule has 1 aromatic heterocycles. The summed E-state index contributed by atoms with van der Waals surface area (Å²) in [5.41, 5.74) is 2.86. The zero-order chi connectivity index (χ0) is 22.3. The molecule has 0 unspecified atom stereocenters. The first-order chi connectivity index (χ1) is 14.1. The van der Waals surface area contributed by atoms with Gasteiger partial charge in [-0.15, -0.1) is 0 Å². The van der Waals surface area contributed by atoms with Crippen LogP contribution in [0.5, 0.6) is 0 Å². The number of aromatic nitrogens is 2. The summed E-state index contributed by atoms with van der Waals surface area (Å²) in [7, 11) is 0. The minimum atomic E-state index is -0.0366. The number of amides is 1. The zero-order valence-electron chi connectivity index (χ0n) is 19.5. The first-order valence-electron chi connectivity index (χ1n) is 10.8. The Balaban J connectivity index is 2.12. The number of nitrogens with one attached hydrogen (secondary N) is 1. The summed E-state index contributed by atoms with van der Waals surface area (Å²) in [5.74, 6) is 2.17. The van der Waals surface area contributed by atoms with Crippen LogP contribution in [-0.2, 0) is 11.2 Å². The molecule has 1 N–H and O–H groups in total. The molecule has 6 heteroatoms. The maximum Gasteiger partial charge on any atom is 0.251 e. The molecule has 0 radical (unpaired) electrons. The van der Waals surface area contributed by atoms with Crippen LogP contribution in [-0.4, -0.2) is 35.5 Å². The number of rotatable bonds is 9. The van der Waals surface area contributed by atoms with Gasteiger partial charge in [0.2, 0.25) is 0 Å². The molecule has 0 aliphatic rings. The molecule has 164 valence electrons. The van der Waals surface area contributed by atoms with Gasteiger partial charge in [0.25, 0.3) is 5.91 Å². The number of carbonyl (C=O) groups excluding carboxylic acids is 1. The lowest BCUT2D eigenvalue weighted by Crippen LogP contribution is -2.27. The van der Waals surface area contributed by atoms with Crippen molar-refractivity contribution in [3.63, 3.8) is 0 Å². The van der Waals surface area contributed by atoms with Crippen LogP contribution in [0.3, 0.4) is 0 Å². The van der Waals surface area contributed by atoms with Gasteiger partial charge < -0.3 is 10.2 Å². The van der Waals surface area contributed by atoms with E-state index in [1.54, 1.807) is 11.8 Å². The molecule has 2 aromatic rings. The Morgan fingerprint density at radius 3 is 2.27 bits per heavy atom. The normalized spacial score (nSPS) is 11.6. The van der Waals surface area contributed by atoms with Gasteiger partial charge in [-0.25, -0.2) is 9.97 Å². The Kier molecular flexibility index (Phi) is 8.71. The monoisotopic (exact) mass is 428 g/mol. The number of thioether (sulfide) groups is 1. The van der Waals surface area contributed by atoms with Gasteiger partial charge in [0.1, 0.15) is 5.82 Å². The first kappa shape index (κ1) is 24.2. The highest BCUT2D eigenvalue weighted by atomic mass is 32.2. The van der Waals surface area contributed by atoms with E-state index in [4.69, 9.17) is 9.97 Å². The smallest absolute Gasteiger partial charge is 0.251 e. The second kappa shape index (κ2) is 10.8. The molecule has 0 spiro atoms. The van der Waals surface area contributed by atoms with Crippen molar-refractivity contribution in [3.05, 3.63) is 47.2 Å². The molecule has 30 heavy (non-hydrogen) atoms. The summed E-state index contributed by atoms with van der Waals surface area (Å²) in [4.78, 5) is 24.1. The van der Waals surface area contributed by atoms with Crippen LogP contribution in [0, 0.1) is 5.92 Å². The van der Waals surface area contributed by atoms with Gasteiger partial charge in [0, 0.05) is 42.4 Å². The van der Waals surface area contributed by atoms with Crippen LogP contribution in [0.2, 0.25) is 0 Å². The lowest BCUT2D eigenvalue weighted by atomic mass is 9.92. The van der Waals surface area contributed by atoms with E-state index >= 15 is 0 Å². The number of hydrogen-bond donors (Lipinski definition) is 1. The Bertz CT molecular complexity index is 824. The predicted molar refractivity (Wildman–Crippen MR) is 127 cm³/mol. The molecule has 0 saturated heterocycles. The fourth-order valence-corrected chi connectivity index (χ4v) is 3.68. The zero-order valence-corrected chi connectivity index (χ0v) is 20.3. The summed E-state index contributed by atoms with van der Waals surface area (Å²) in [5, 5.41) is 3.75. The van der Waals surface area contributed by atoms with Gasteiger partial charge in [0.15, 0.2) is 5.16 Å². The van der Waals surface area contributed by atoms with Crippen molar-refractivity contribution in [3.8, 4) is 0 Å². The van der Waals surface area contributed by atoms with Gasteiger partial charge in [-0.2, -0.15) is 0 Å². The van der Waals surface area contributed by atoms with Crippen molar-refractivity contribution in [2.24, 2.45) is 5.92 Å². The number of nitrogens with zero attached hydrogens (tertiary/aromatic N) is 3. The van der Waals surface area contributed by atoms with E-state index in [1.807, 2.05) is 24.3 Å². The molecule has 0 atom stereocenters. The third-order valence-corrected chi connectivity index (χ3v) is 5.72. The molecular formula is C24H36N4OS. The average Bonchev–Trinajstić information content (AvgIpc) is 2.71. The van der Waals surface area contributed by atoms with E-state index in [9.17, 15) is 4.79 Å². The van der Waals surface area contributed by atoms with Gasteiger partial charge in [-0.3, -0.25) is 4.79 Å². The molecule has 2 rings (SSSR count). The molecule has 5 nitrogen and oxygen atoms in total. The Labute approximate surface area is 186 Å². The van der Waals surface area contributed by atoms with Crippen LogP contribution < -0.4 is 10.2 Å². The Morgan fingerprint density at radius 2 is 1.73 bits per heavy atom. The van der Waals surface area contributed by atoms with E-state index < -0.39 is 0 Å². The van der Waals surface area contributed by atoms with E-state index in [1.165, 1.54) is 0 Å². The highest BCUT2D eigenvalue weighted by Gasteiger charge is 2.19. The molecule has 1 amide bonds. The summed E-state index contributed by atoms with van der Waals surface area (Å²) < 4.78 is 0. The molecule has 1 heterocycles. The summed E-state index contributed by atoms with van der Waals surface area (Å²) in [6, 6.07) is 9.91. The average molecular weight is 429 g/mol. The fourth-order valence-electron chi connectivity index (χ4n) is 2.87. The minimum absolute atomic E-state index is 0.0204. The van der Waals surface area contributed by atoms with Crippen molar-refractivity contribution >= 4 is 23.5 Å². The molecule has 0 bridgehead atoms. The van der Waals surface area contributed by atoms with Crippen molar-refractivity contribution in [2.75, 3.05) is 24.5 Å². The first-order valence-corrected chi connectivity index (χ1v) is 11.8. The lowest BCUT2D eigenvalue weighted by Gasteiger charge is -2.24. The maximum atomic E-state index is 12.2. The standard InChI is InChI=1S/C24H36N4OS/c1-8-28(9-2)21-14-20(24(5,6)7)26-23(27-21)30-16-18-10-12-19(13-11-18)22(29)25-15-17(3)4/h10-14,17H,8-9,15-16H2,1-7H3,(H,25,29). The molecule has 0 saturated carbocycles. The van der Waals surface area contributed by atoms with Crippen LogP contribution in [0.1, 0.15) is 70.1 Å². The molecular weight excluding hydrogens is 392 g/mol. The SMILES string of the molecule is CCN(CC)c1cc(C(C)(C)C)nc(SCc2ccc(C(=O)NCC(C)C)cc2)n1. The lowest BCUT2D eigenvalue weighted by molar-refractivity contribution is 0.0949. The minimum Gasteiger partial charge on any atom is -0.357 e. The van der Waals surface area contributed by atoms with E-state index in [0.29, 0.717) is 18.0 Å². The molecule has 0 aliphatic heterocycles. The Morgan fingerprint density at radius 1 is 1.10 bits per heavy atom. The Hall–Kier alpha value is -2.08. The molecule has 0 aliphatic carbocycles. The largest absolute Gasteiger partial charge is 0.357 e. The van der Waals surface area contributed by atoms with Gasteiger partial charge in [-0.05, 0) is 37.5 Å². The number of anilines is 1. The highest BCUT2D eigenvalue weighted by molar-refractivity contribution is 7.98. The van der Waals surface area contributed by atoms with Gasteiger partial charge in [-0.1, -0.05) is 58.5 Å². The van der Waals surface area contributed by atoms with Crippen molar-refractivity contribution in [1.82, 2.24) is 15.3 Å². The number of benzene rings is 1.